The largest absolute Gasteiger partial charge is 0.493 e. The van der Waals surface area contributed by atoms with E-state index in [1.165, 1.54) is 16.3 Å². The number of rotatable bonds is 5. The second kappa shape index (κ2) is 6.92. The number of hydrogen-bond acceptors (Lipinski definition) is 3. The van der Waals surface area contributed by atoms with Crippen LogP contribution in [-0.4, -0.2) is 44.4 Å². The fourth-order valence-corrected chi connectivity index (χ4v) is 2.78. The van der Waals surface area contributed by atoms with E-state index >= 15 is 0 Å². The van der Waals surface area contributed by atoms with Crippen LogP contribution in [0.1, 0.15) is 12.0 Å². The zero-order chi connectivity index (χ0) is 14.5. The van der Waals surface area contributed by atoms with Gasteiger partial charge in [0.25, 0.3) is 0 Å². The summed E-state index contributed by atoms with van der Waals surface area (Å²) in [6.45, 7) is 7.81. The van der Waals surface area contributed by atoms with E-state index in [0.717, 1.165) is 51.6 Å². The maximum atomic E-state index is 6.01. The summed E-state index contributed by atoms with van der Waals surface area (Å²) in [6.07, 6.45) is 1.06. The fourth-order valence-electron chi connectivity index (χ4n) is 2.78. The van der Waals surface area contributed by atoms with Gasteiger partial charge in [0, 0.05) is 25.0 Å². The first-order valence-corrected chi connectivity index (χ1v) is 7.75. The average Bonchev–Trinajstić information content (AvgIpc) is 2.53. The lowest BCUT2D eigenvalue weighted by molar-refractivity contribution is 0.0358. The van der Waals surface area contributed by atoms with Crippen molar-refractivity contribution < 1.29 is 9.47 Å². The second-order valence-corrected chi connectivity index (χ2v) is 5.64. The van der Waals surface area contributed by atoms with Crippen LogP contribution in [0.25, 0.3) is 10.8 Å². The zero-order valence-electron chi connectivity index (χ0n) is 12.7. The predicted octanol–water partition coefficient (Wildman–Crippen LogP) is 3.25. The van der Waals surface area contributed by atoms with Crippen LogP contribution in [-0.2, 0) is 4.74 Å². The van der Waals surface area contributed by atoms with E-state index in [-0.39, 0.29) is 0 Å². The predicted molar refractivity (Wildman–Crippen MR) is 86.1 cm³/mol. The van der Waals surface area contributed by atoms with E-state index in [2.05, 4.69) is 48.2 Å². The molecule has 21 heavy (non-hydrogen) atoms. The highest BCUT2D eigenvalue weighted by molar-refractivity contribution is 5.88. The maximum Gasteiger partial charge on any atom is 0.127 e. The number of benzene rings is 2. The summed E-state index contributed by atoms with van der Waals surface area (Å²) in [5.41, 5.74) is 1.27. The molecule has 0 bridgehead atoms. The highest BCUT2D eigenvalue weighted by atomic mass is 16.5. The maximum absolute atomic E-state index is 6.01. The Morgan fingerprint density at radius 3 is 2.86 bits per heavy atom. The van der Waals surface area contributed by atoms with Crippen molar-refractivity contribution in [3.05, 3.63) is 42.0 Å². The van der Waals surface area contributed by atoms with Gasteiger partial charge in [0.15, 0.2) is 0 Å². The van der Waals surface area contributed by atoms with Gasteiger partial charge in [0.1, 0.15) is 5.75 Å². The summed E-state index contributed by atoms with van der Waals surface area (Å²) in [6, 6.07) is 12.8. The number of fused-ring (bicyclic) bond motifs is 1. The van der Waals surface area contributed by atoms with Gasteiger partial charge in [-0.05, 0) is 30.9 Å². The van der Waals surface area contributed by atoms with Crippen LogP contribution in [0, 0.1) is 6.92 Å². The minimum absolute atomic E-state index is 0.768. The molecule has 0 saturated carbocycles. The van der Waals surface area contributed by atoms with E-state index in [1.54, 1.807) is 0 Å². The van der Waals surface area contributed by atoms with Crippen molar-refractivity contribution >= 4 is 10.8 Å². The molecule has 1 aliphatic rings. The average molecular weight is 285 g/mol. The Morgan fingerprint density at radius 1 is 1.14 bits per heavy atom. The number of aryl methyl sites for hydroxylation is 1. The SMILES string of the molecule is Cc1ccc2cccc(OCCCN3CCOCC3)c2c1. The van der Waals surface area contributed by atoms with Gasteiger partial charge in [-0.25, -0.2) is 0 Å². The van der Waals surface area contributed by atoms with E-state index in [4.69, 9.17) is 9.47 Å². The molecule has 0 radical (unpaired) electrons. The van der Waals surface area contributed by atoms with Crippen molar-refractivity contribution in [3.8, 4) is 5.75 Å². The molecule has 2 aromatic rings. The normalized spacial score (nSPS) is 16.2. The van der Waals surface area contributed by atoms with Crippen molar-refractivity contribution in [1.82, 2.24) is 4.90 Å². The molecule has 3 heteroatoms. The lowest BCUT2D eigenvalue weighted by Crippen LogP contribution is -2.37. The van der Waals surface area contributed by atoms with E-state index in [9.17, 15) is 0 Å². The number of ether oxygens (including phenoxy) is 2. The molecule has 2 aromatic carbocycles. The lowest BCUT2D eigenvalue weighted by Gasteiger charge is -2.26. The Labute approximate surface area is 126 Å². The minimum Gasteiger partial charge on any atom is -0.493 e. The summed E-state index contributed by atoms with van der Waals surface area (Å²) in [5, 5.41) is 2.45. The highest BCUT2D eigenvalue weighted by Crippen LogP contribution is 2.26. The van der Waals surface area contributed by atoms with Crippen LogP contribution < -0.4 is 4.74 Å². The molecule has 0 atom stereocenters. The van der Waals surface area contributed by atoms with Gasteiger partial charge in [-0.2, -0.15) is 0 Å². The first-order valence-electron chi connectivity index (χ1n) is 7.75. The molecule has 3 rings (SSSR count). The first-order chi connectivity index (χ1) is 10.3. The molecule has 1 heterocycles. The Balaban J connectivity index is 1.56. The van der Waals surface area contributed by atoms with Gasteiger partial charge in [0.05, 0.1) is 19.8 Å². The van der Waals surface area contributed by atoms with Crippen LogP contribution in [0.5, 0.6) is 5.75 Å². The quantitative estimate of drug-likeness (QED) is 0.787. The third-order valence-electron chi connectivity index (χ3n) is 3.98. The molecule has 0 spiro atoms. The van der Waals surface area contributed by atoms with Crippen LogP contribution in [0.15, 0.2) is 36.4 Å². The standard InChI is InChI=1S/C18H23NO2/c1-15-6-7-16-4-2-5-18(17(16)14-15)21-11-3-8-19-9-12-20-13-10-19/h2,4-7,14H,3,8-13H2,1H3. The Kier molecular flexibility index (Phi) is 4.73. The molecule has 1 saturated heterocycles. The molecule has 3 nitrogen and oxygen atoms in total. The summed E-state index contributed by atoms with van der Waals surface area (Å²) in [4.78, 5) is 2.44. The van der Waals surface area contributed by atoms with Crippen molar-refractivity contribution in [2.75, 3.05) is 39.5 Å². The summed E-state index contributed by atoms with van der Waals surface area (Å²) < 4.78 is 11.4. The topological polar surface area (TPSA) is 21.7 Å². The Hall–Kier alpha value is -1.58. The third-order valence-corrected chi connectivity index (χ3v) is 3.98. The van der Waals surface area contributed by atoms with E-state index in [1.807, 2.05) is 0 Å². The van der Waals surface area contributed by atoms with Gasteiger partial charge in [-0.3, -0.25) is 4.90 Å². The second-order valence-electron chi connectivity index (χ2n) is 5.64. The van der Waals surface area contributed by atoms with Crippen molar-refractivity contribution in [2.45, 2.75) is 13.3 Å². The van der Waals surface area contributed by atoms with Crippen LogP contribution in [0.4, 0.5) is 0 Å². The molecule has 1 aliphatic heterocycles. The highest BCUT2D eigenvalue weighted by Gasteiger charge is 2.09. The van der Waals surface area contributed by atoms with Crippen molar-refractivity contribution in [1.29, 1.82) is 0 Å². The van der Waals surface area contributed by atoms with Gasteiger partial charge < -0.3 is 9.47 Å². The molecule has 0 N–H and O–H groups in total. The first kappa shape index (κ1) is 14.4. The number of morpholine rings is 1. The van der Waals surface area contributed by atoms with Crippen molar-refractivity contribution in [2.24, 2.45) is 0 Å². The monoisotopic (exact) mass is 285 g/mol. The molecule has 1 fully saturated rings. The minimum atomic E-state index is 0.768. The van der Waals surface area contributed by atoms with Crippen LogP contribution in [0.3, 0.4) is 0 Å². The van der Waals surface area contributed by atoms with Gasteiger partial charge >= 0.3 is 0 Å². The molecular formula is C18H23NO2. The summed E-state index contributed by atoms with van der Waals surface area (Å²) in [7, 11) is 0. The van der Waals surface area contributed by atoms with Gasteiger partial charge in [0.2, 0.25) is 0 Å². The van der Waals surface area contributed by atoms with E-state index in [0.29, 0.717) is 0 Å². The van der Waals surface area contributed by atoms with Crippen molar-refractivity contribution in [3.63, 3.8) is 0 Å². The fraction of sp³-hybridized carbons (Fsp3) is 0.444. The smallest absolute Gasteiger partial charge is 0.127 e. The molecule has 0 unspecified atom stereocenters. The Bertz CT molecular complexity index is 591. The number of nitrogens with zero attached hydrogens (tertiary/aromatic N) is 1. The Morgan fingerprint density at radius 2 is 2.00 bits per heavy atom. The van der Waals surface area contributed by atoms with Crippen LogP contribution >= 0.6 is 0 Å². The third kappa shape index (κ3) is 3.74. The van der Waals surface area contributed by atoms with Crippen LogP contribution in [0.2, 0.25) is 0 Å². The summed E-state index contributed by atoms with van der Waals surface area (Å²) in [5.74, 6) is 0.998. The molecule has 0 amide bonds. The van der Waals surface area contributed by atoms with Gasteiger partial charge in [-0.15, -0.1) is 0 Å². The number of hydrogen-bond donors (Lipinski definition) is 0. The summed E-state index contributed by atoms with van der Waals surface area (Å²) >= 11 is 0. The van der Waals surface area contributed by atoms with Gasteiger partial charge in [-0.1, -0.05) is 29.8 Å². The molecule has 0 aliphatic carbocycles. The van der Waals surface area contributed by atoms with E-state index < -0.39 is 0 Å². The molecule has 112 valence electrons. The molecule has 0 aromatic heterocycles. The molecular weight excluding hydrogens is 262 g/mol. The zero-order valence-corrected chi connectivity index (χ0v) is 12.7. The lowest BCUT2D eigenvalue weighted by atomic mass is 10.1.